The van der Waals surface area contributed by atoms with Crippen LogP contribution in [0.25, 0.3) is 0 Å². The Bertz CT molecular complexity index is 234. The first-order valence-corrected chi connectivity index (χ1v) is 4.99. The summed E-state index contributed by atoms with van der Waals surface area (Å²) in [4.78, 5) is 0. The molecule has 0 aliphatic rings. The van der Waals surface area contributed by atoms with E-state index in [4.69, 9.17) is 0 Å². The van der Waals surface area contributed by atoms with Crippen molar-refractivity contribution in [2.24, 2.45) is 5.41 Å². The van der Waals surface area contributed by atoms with Crippen molar-refractivity contribution >= 4 is 0 Å². The lowest BCUT2D eigenvalue weighted by Crippen LogP contribution is -2.48. The van der Waals surface area contributed by atoms with Gasteiger partial charge in [-0.2, -0.15) is 26.3 Å². The van der Waals surface area contributed by atoms with Crippen LogP contribution in [-0.2, 0) is 0 Å². The molecule has 0 fully saturated rings. The largest absolute Gasteiger partial charge is 0.406 e. The summed E-state index contributed by atoms with van der Waals surface area (Å²) in [5.41, 5.74) is -3.87. The Morgan fingerprint density at radius 1 is 0.941 bits per heavy atom. The standard InChI is InChI=1S/C10H13F7/c1-2-5-8(9(12,13)14,10(15,16)17)6-3-4-7-11/h3,6H,2,4-5,7H2,1H3. The van der Waals surface area contributed by atoms with Crippen molar-refractivity contribution < 1.29 is 30.7 Å². The molecule has 0 amide bonds. The van der Waals surface area contributed by atoms with Gasteiger partial charge >= 0.3 is 12.4 Å². The lowest BCUT2D eigenvalue weighted by Gasteiger charge is -2.34. The monoisotopic (exact) mass is 266 g/mol. The van der Waals surface area contributed by atoms with Gasteiger partial charge in [0.2, 0.25) is 0 Å². The maximum Gasteiger partial charge on any atom is 0.406 e. The smallest absolute Gasteiger partial charge is 0.251 e. The Balaban J connectivity index is 5.42. The number of halogens is 7. The summed E-state index contributed by atoms with van der Waals surface area (Å²) < 4.78 is 87.5. The van der Waals surface area contributed by atoms with Gasteiger partial charge in [0.25, 0.3) is 0 Å². The molecule has 0 N–H and O–H groups in total. The SMILES string of the molecule is CCCC(C=CCCF)(C(F)(F)F)C(F)(F)F. The molecule has 0 radical (unpaired) electrons. The third-order valence-electron chi connectivity index (χ3n) is 2.33. The molecule has 0 rings (SSSR count). The van der Waals surface area contributed by atoms with Crippen molar-refractivity contribution in [3.05, 3.63) is 12.2 Å². The summed E-state index contributed by atoms with van der Waals surface area (Å²) in [6.07, 6.45) is -12.1. The maximum absolute atomic E-state index is 12.6. The van der Waals surface area contributed by atoms with Crippen LogP contribution in [0.1, 0.15) is 26.2 Å². The van der Waals surface area contributed by atoms with Crippen LogP contribution in [0.2, 0.25) is 0 Å². The van der Waals surface area contributed by atoms with E-state index >= 15 is 0 Å². The van der Waals surface area contributed by atoms with E-state index in [1.165, 1.54) is 6.92 Å². The summed E-state index contributed by atoms with van der Waals surface area (Å²) in [6, 6.07) is 0. The first-order valence-electron chi connectivity index (χ1n) is 4.99. The molecule has 0 aromatic rings. The van der Waals surface area contributed by atoms with Crippen molar-refractivity contribution in [2.45, 2.75) is 38.5 Å². The maximum atomic E-state index is 12.6. The summed E-state index contributed by atoms with van der Waals surface area (Å²) in [7, 11) is 0. The molecule has 0 unspecified atom stereocenters. The van der Waals surface area contributed by atoms with Gasteiger partial charge in [-0.1, -0.05) is 25.5 Å². The second kappa shape index (κ2) is 5.73. The summed E-state index contributed by atoms with van der Waals surface area (Å²) in [5, 5.41) is 0. The molecule has 0 nitrogen and oxygen atoms in total. The Hall–Kier alpha value is -0.750. The zero-order valence-corrected chi connectivity index (χ0v) is 9.13. The lowest BCUT2D eigenvalue weighted by molar-refractivity contribution is -0.323. The van der Waals surface area contributed by atoms with Crippen molar-refractivity contribution in [2.75, 3.05) is 6.67 Å². The second-order valence-corrected chi connectivity index (χ2v) is 3.60. The molecule has 0 atom stereocenters. The van der Waals surface area contributed by atoms with E-state index in [0.717, 1.165) is 0 Å². The van der Waals surface area contributed by atoms with E-state index in [1.54, 1.807) is 0 Å². The van der Waals surface area contributed by atoms with Gasteiger partial charge < -0.3 is 0 Å². The highest BCUT2D eigenvalue weighted by molar-refractivity contribution is 5.08. The predicted molar refractivity (Wildman–Crippen MR) is 49.2 cm³/mol. The minimum atomic E-state index is -5.44. The van der Waals surface area contributed by atoms with Gasteiger partial charge in [0.05, 0.1) is 6.67 Å². The highest BCUT2D eigenvalue weighted by Crippen LogP contribution is 2.54. The van der Waals surface area contributed by atoms with Crippen molar-refractivity contribution in [1.82, 2.24) is 0 Å². The quantitative estimate of drug-likeness (QED) is 0.494. The third-order valence-corrected chi connectivity index (χ3v) is 2.33. The molecule has 0 aromatic carbocycles. The Morgan fingerprint density at radius 3 is 1.71 bits per heavy atom. The van der Waals surface area contributed by atoms with Gasteiger partial charge in [0, 0.05) is 0 Å². The average molecular weight is 266 g/mol. The molecule has 102 valence electrons. The fourth-order valence-electron chi connectivity index (χ4n) is 1.46. The Morgan fingerprint density at radius 2 is 1.41 bits per heavy atom. The molecule has 0 aliphatic carbocycles. The number of alkyl halides is 7. The molecule has 0 heterocycles. The van der Waals surface area contributed by atoms with Crippen LogP contribution in [-0.4, -0.2) is 19.0 Å². The first-order chi connectivity index (χ1) is 7.62. The second-order valence-electron chi connectivity index (χ2n) is 3.60. The van der Waals surface area contributed by atoms with Gasteiger partial charge in [-0.15, -0.1) is 0 Å². The van der Waals surface area contributed by atoms with Crippen LogP contribution < -0.4 is 0 Å². The van der Waals surface area contributed by atoms with Crippen molar-refractivity contribution in [1.29, 1.82) is 0 Å². The third kappa shape index (κ3) is 3.61. The molecular formula is C10H13F7. The zero-order chi connectivity index (χ0) is 13.7. The van der Waals surface area contributed by atoms with Crippen LogP contribution in [0.5, 0.6) is 0 Å². The van der Waals surface area contributed by atoms with E-state index in [-0.39, 0.29) is 12.5 Å². The van der Waals surface area contributed by atoms with Gasteiger partial charge in [0.1, 0.15) is 0 Å². The van der Waals surface area contributed by atoms with E-state index in [9.17, 15) is 30.7 Å². The fraction of sp³-hybridized carbons (Fsp3) is 0.800. The first kappa shape index (κ1) is 16.2. The molecule has 17 heavy (non-hydrogen) atoms. The Labute approximate surface area is 94.5 Å². The molecule has 0 aromatic heterocycles. The van der Waals surface area contributed by atoms with E-state index in [0.29, 0.717) is 6.08 Å². The molecule has 0 saturated carbocycles. The minimum Gasteiger partial charge on any atom is -0.251 e. The fourth-order valence-corrected chi connectivity index (χ4v) is 1.46. The molecule has 0 spiro atoms. The summed E-state index contributed by atoms with van der Waals surface area (Å²) in [6.45, 7) is 0.240. The molecule has 0 bridgehead atoms. The highest BCUT2D eigenvalue weighted by Gasteiger charge is 2.68. The number of allylic oxidation sites excluding steroid dienone is 2. The van der Waals surface area contributed by atoms with E-state index in [2.05, 4.69) is 0 Å². The van der Waals surface area contributed by atoms with Crippen molar-refractivity contribution in [3.63, 3.8) is 0 Å². The summed E-state index contributed by atoms with van der Waals surface area (Å²) in [5.74, 6) is 0. The normalized spacial score (nSPS) is 14.6. The number of hydrogen-bond donors (Lipinski definition) is 0. The van der Waals surface area contributed by atoms with Crippen LogP contribution in [0.15, 0.2) is 12.2 Å². The van der Waals surface area contributed by atoms with Gasteiger partial charge in [0.15, 0.2) is 5.41 Å². The molecule has 0 aliphatic heterocycles. The van der Waals surface area contributed by atoms with E-state index in [1.807, 2.05) is 0 Å². The molecular weight excluding hydrogens is 253 g/mol. The zero-order valence-electron chi connectivity index (χ0n) is 9.13. The van der Waals surface area contributed by atoms with Crippen LogP contribution >= 0.6 is 0 Å². The van der Waals surface area contributed by atoms with Crippen LogP contribution in [0.4, 0.5) is 30.7 Å². The number of rotatable bonds is 5. The summed E-state index contributed by atoms with van der Waals surface area (Å²) >= 11 is 0. The van der Waals surface area contributed by atoms with Gasteiger partial charge in [-0.25, -0.2) is 0 Å². The topological polar surface area (TPSA) is 0 Å². The predicted octanol–water partition coefficient (Wildman–Crippen LogP) is 4.81. The average Bonchev–Trinajstić information content (AvgIpc) is 2.13. The lowest BCUT2D eigenvalue weighted by atomic mass is 9.81. The molecule has 0 saturated heterocycles. The Kier molecular flexibility index (Phi) is 5.48. The van der Waals surface area contributed by atoms with Gasteiger partial charge in [-0.3, -0.25) is 4.39 Å². The highest BCUT2D eigenvalue weighted by atomic mass is 19.4. The van der Waals surface area contributed by atoms with Crippen LogP contribution in [0, 0.1) is 5.41 Å². The van der Waals surface area contributed by atoms with Crippen LogP contribution in [0.3, 0.4) is 0 Å². The minimum absolute atomic E-state index is 0.0378. The number of hydrogen-bond acceptors (Lipinski definition) is 0. The van der Waals surface area contributed by atoms with Gasteiger partial charge in [-0.05, 0) is 12.8 Å². The van der Waals surface area contributed by atoms with Crippen molar-refractivity contribution in [3.8, 4) is 0 Å². The molecule has 7 heteroatoms. The van der Waals surface area contributed by atoms with E-state index < -0.39 is 37.3 Å².